The quantitative estimate of drug-likeness (QED) is 0.293. The number of amides is 1. The van der Waals surface area contributed by atoms with Crippen molar-refractivity contribution in [2.75, 3.05) is 0 Å². The molecule has 0 aliphatic heterocycles. The van der Waals surface area contributed by atoms with E-state index < -0.39 is 5.91 Å². The normalized spacial score (nSPS) is 4.57. The summed E-state index contributed by atoms with van der Waals surface area (Å²) >= 11 is 0. The molecular weight excluding hydrogens is 121 g/mol. The van der Waals surface area contributed by atoms with Gasteiger partial charge in [-0.05, 0) is 6.08 Å². The summed E-state index contributed by atoms with van der Waals surface area (Å²) in [6.07, 6.45) is 1.06. The second-order valence-corrected chi connectivity index (χ2v) is 0.606. The Morgan fingerprint density at radius 1 is 1.71 bits per heavy atom. The summed E-state index contributed by atoms with van der Waals surface area (Å²) in [5.41, 5.74) is 4.53. The third kappa shape index (κ3) is 20.0. The molecule has 0 aromatic carbocycles. The van der Waals surface area contributed by atoms with E-state index in [4.69, 9.17) is 0 Å². The van der Waals surface area contributed by atoms with Crippen LogP contribution in [0, 0.1) is 0 Å². The molecule has 0 saturated carbocycles. The van der Waals surface area contributed by atoms with Crippen LogP contribution in [0.1, 0.15) is 0 Å². The molecule has 0 saturated heterocycles. The third-order valence-electron chi connectivity index (χ3n) is 0.201. The fraction of sp³-hybridized carbons (Fsp3) is 0. The average molecular weight is 127 g/mol. The van der Waals surface area contributed by atoms with E-state index in [0.717, 1.165) is 6.08 Å². The number of rotatable bonds is 1. The van der Waals surface area contributed by atoms with Crippen LogP contribution in [0.2, 0.25) is 0 Å². The molecule has 0 atom stereocenters. The molecule has 0 aromatic rings. The number of hydrogen-bond acceptors (Lipinski definition) is 2. The van der Waals surface area contributed by atoms with E-state index in [1.165, 1.54) is 0 Å². The second-order valence-electron chi connectivity index (χ2n) is 0.606. The summed E-state index contributed by atoms with van der Waals surface area (Å²) in [5.74, 6) is -0.481. The van der Waals surface area contributed by atoms with Crippen LogP contribution in [-0.4, -0.2) is 11.4 Å². The molecule has 0 fully saturated rings. The molecule has 0 aromatic heterocycles. The fourth-order valence-electron chi connectivity index (χ4n) is 0. The van der Waals surface area contributed by atoms with E-state index in [2.05, 4.69) is 12.3 Å². The Labute approximate surface area is 84.7 Å². The molecule has 3 N–H and O–H groups in total. The summed E-state index contributed by atoms with van der Waals surface area (Å²) in [4.78, 5) is 9.47. The smallest absolute Gasteiger partial charge is 0.870 e. The molecule has 0 aliphatic carbocycles. The molecule has 0 heterocycles. The molecule has 0 rings (SSSR count). The zero-order valence-electron chi connectivity index (χ0n) is 4.22. The van der Waals surface area contributed by atoms with Crippen molar-refractivity contribution in [3.63, 3.8) is 0 Å². The summed E-state index contributed by atoms with van der Waals surface area (Å²) < 4.78 is 0. The van der Waals surface area contributed by atoms with Crippen LogP contribution in [0.4, 0.5) is 0 Å². The first-order valence-electron chi connectivity index (χ1n) is 1.19. The molecule has 36 valence electrons. The summed E-state index contributed by atoms with van der Waals surface area (Å²) in [7, 11) is 0. The molecule has 0 bridgehead atoms. The number of carbonyl (C=O) groups excluding carboxylic acids is 1. The van der Waals surface area contributed by atoms with Crippen molar-refractivity contribution in [1.29, 1.82) is 0 Å². The van der Waals surface area contributed by atoms with Gasteiger partial charge in [0, 0.05) is 0 Å². The number of nitrogens with two attached hydrogens (primary N) is 1. The van der Waals surface area contributed by atoms with Gasteiger partial charge in [-0.1, -0.05) is 6.58 Å². The zero-order chi connectivity index (χ0) is 4.28. The molecule has 7 heavy (non-hydrogen) atoms. The first-order valence-corrected chi connectivity index (χ1v) is 1.19. The molecule has 0 radical (unpaired) electrons. The Kier molecular flexibility index (Phi) is 22.2. The largest absolute Gasteiger partial charge is 1.00 e. The Bertz CT molecular complexity index is 64.0. The van der Waals surface area contributed by atoms with Crippen LogP contribution in [0.3, 0.4) is 0 Å². The number of carbonyl (C=O) groups is 1. The third-order valence-corrected chi connectivity index (χ3v) is 0.201. The minimum atomic E-state index is -0.481. The minimum absolute atomic E-state index is 0. The van der Waals surface area contributed by atoms with Gasteiger partial charge in [0.2, 0.25) is 5.91 Å². The Morgan fingerprint density at radius 3 is 1.86 bits per heavy atom. The maximum Gasteiger partial charge on any atom is 1.00 e. The van der Waals surface area contributed by atoms with Crippen LogP contribution < -0.4 is 57.1 Å². The van der Waals surface area contributed by atoms with Gasteiger partial charge >= 0.3 is 51.4 Å². The Hall–Kier alpha value is 0.806. The second kappa shape index (κ2) is 9.93. The van der Waals surface area contributed by atoms with Crippen molar-refractivity contribution in [2.45, 2.75) is 0 Å². The monoisotopic (exact) mass is 127 g/mol. The average Bonchev–Trinajstić information content (AvgIpc) is 1.38. The van der Waals surface area contributed by atoms with Crippen LogP contribution in [0.5, 0.6) is 0 Å². The first kappa shape index (κ1) is 15.7. The maximum atomic E-state index is 9.47. The van der Waals surface area contributed by atoms with Crippen LogP contribution in [0.25, 0.3) is 0 Å². The molecule has 0 spiro atoms. The van der Waals surface area contributed by atoms with Gasteiger partial charge in [0.05, 0.1) is 0 Å². The number of primary amides is 1. The Morgan fingerprint density at radius 2 is 1.86 bits per heavy atom. The first-order chi connectivity index (χ1) is 2.27. The van der Waals surface area contributed by atoms with Gasteiger partial charge in [0.1, 0.15) is 0 Å². The fourth-order valence-corrected chi connectivity index (χ4v) is 0. The van der Waals surface area contributed by atoms with E-state index in [9.17, 15) is 4.79 Å². The van der Waals surface area contributed by atoms with Crippen LogP contribution in [0.15, 0.2) is 12.7 Å². The molecule has 4 heteroatoms. The molecule has 0 unspecified atom stereocenters. The predicted molar refractivity (Wildman–Crippen MR) is 21.3 cm³/mol. The van der Waals surface area contributed by atoms with Crippen LogP contribution in [-0.2, 0) is 4.79 Å². The standard InChI is InChI=1S/C3H5NO.K.H2O/c1-2-3(4)5;;/h2H,1H2,(H2,4,5);;1H2/q;+1;/p-1. The van der Waals surface area contributed by atoms with Gasteiger partial charge in [-0.15, -0.1) is 0 Å². The summed E-state index contributed by atoms with van der Waals surface area (Å²) in [6, 6.07) is 0. The van der Waals surface area contributed by atoms with E-state index in [1.54, 1.807) is 0 Å². The van der Waals surface area contributed by atoms with Crippen molar-refractivity contribution < 1.29 is 61.7 Å². The van der Waals surface area contributed by atoms with Crippen molar-refractivity contribution >= 4 is 5.91 Å². The van der Waals surface area contributed by atoms with Crippen molar-refractivity contribution in [3.05, 3.63) is 12.7 Å². The molecule has 0 aliphatic rings. The van der Waals surface area contributed by atoms with Gasteiger partial charge in [0.25, 0.3) is 0 Å². The van der Waals surface area contributed by atoms with E-state index in [1.807, 2.05) is 0 Å². The van der Waals surface area contributed by atoms with Gasteiger partial charge in [-0.2, -0.15) is 0 Å². The van der Waals surface area contributed by atoms with Gasteiger partial charge in [-0.3, -0.25) is 4.79 Å². The maximum absolute atomic E-state index is 9.47. The predicted octanol–water partition coefficient (Wildman–Crippen LogP) is -3.52. The van der Waals surface area contributed by atoms with E-state index in [-0.39, 0.29) is 56.9 Å². The van der Waals surface area contributed by atoms with Crippen molar-refractivity contribution in [1.82, 2.24) is 0 Å². The van der Waals surface area contributed by atoms with Gasteiger partial charge in [-0.25, -0.2) is 0 Å². The molecular formula is C3H6KNO2. The van der Waals surface area contributed by atoms with Gasteiger partial charge in [0.15, 0.2) is 0 Å². The van der Waals surface area contributed by atoms with Crippen LogP contribution >= 0.6 is 0 Å². The summed E-state index contributed by atoms with van der Waals surface area (Å²) in [6.45, 7) is 3.09. The minimum Gasteiger partial charge on any atom is -0.870 e. The SMILES string of the molecule is C=CC(N)=O.[K+].[OH-]. The molecule has 3 nitrogen and oxygen atoms in total. The number of hydrogen-bond donors (Lipinski definition) is 1. The zero-order valence-corrected chi connectivity index (χ0v) is 7.34. The molecule has 1 amide bonds. The van der Waals surface area contributed by atoms with Crippen molar-refractivity contribution in [2.24, 2.45) is 5.73 Å². The van der Waals surface area contributed by atoms with E-state index >= 15 is 0 Å². The van der Waals surface area contributed by atoms with E-state index in [0.29, 0.717) is 0 Å². The van der Waals surface area contributed by atoms with Crippen molar-refractivity contribution in [3.8, 4) is 0 Å². The summed E-state index contributed by atoms with van der Waals surface area (Å²) in [5, 5.41) is 0. The Balaban J connectivity index is -0.0000000800. The topological polar surface area (TPSA) is 73.1 Å². The van der Waals surface area contributed by atoms with Gasteiger partial charge < -0.3 is 11.2 Å².